The molecule has 0 aromatic rings. The Labute approximate surface area is 93.2 Å². The van der Waals surface area contributed by atoms with Gasteiger partial charge in [-0.15, -0.1) is 0 Å². The van der Waals surface area contributed by atoms with Gasteiger partial charge in [0, 0.05) is 38.8 Å². The molecule has 2 aliphatic rings. The fourth-order valence-corrected chi connectivity index (χ4v) is 2.52. The molecule has 1 saturated heterocycles. The van der Waals surface area contributed by atoms with Crippen molar-refractivity contribution in [1.29, 1.82) is 0 Å². The van der Waals surface area contributed by atoms with Crippen LogP contribution in [0.4, 0.5) is 0 Å². The molecule has 1 N–H and O–H groups in total. The largest absolute Gasteiger partial charge is 0.377 e. The quantitative estimate of drug-likeness (QED) is 0.738. The minimum absolute atomic E-state index is 0.382. The maximum absolute atomic E-state index is 5.59. The molecule has 1 aliphatic heterocycles. The highest BCUT2D eigenvalue weighted by molar-refractivity contribution is 4.91. The Hall–Kier alpha value is -0.120. The van der Waals surface area contributed by atoms with Crippen molar-refractivity contribution in [2.24, 2.45) is 5.92 Å². The molecule has 2 rings (SSSR count). The molecule has 2 fully saturated rings. The van der Waals surface area contributed by atoms with Crippen LogP contribution in [0, 0.1) is 5.92 Å². The lowest BCUT2D eigenvalue weighted by Gasteiger charge is -2.35. The number of nitrogens with zero attached hydrogens (tertiary/aromatic N) is 1. The molecular formula is C12H24N2O. The van der Waals surface area contributed by atoms with Crippen molar-refractivity contribution >= 4 is 0 Å². The summed E-state index contributed by atoms with van der Waals surface area (Å²) >= 11 is 0. The van der Waals surface area contributed by atoms with Crippen LogP contribution in [-0.2, 0) is 4.74 Å². The van der Waals surface area contributed by atoms with Crippen LogP contribution in [0.3, 0.4) is 0 Å². The van der Waals surface area contributed by atoms with E-state index in [0.717, 1.165) is 31.7 Å². The van der Waals surface area contributed by atoms with Gasteiger partial charge in [-0.3, -0.25) is 4.90 Å². The standard InChI is InChI=1S/C12H24N2O/c1-3-15-10(2)8-14-7-6-13-12(9-14)11-4-5-11/h10-13H,3-9H2,1-2H3. The summed E-state index contributed by atoms with van der Waals surface area (Å²) in [7, 11) is 0. The Morgan fingerprint density at radius 1 is 1.47 bits per heavy atom. The molecule has 2 unspecified atom stereocenters. The summed E-state index contributed by atoms with van der Waals surface area (Å²) in [6, 6.07) is 0.757. The van der Waals surface area contributed by atoms with E-state index in [1.807, 2.05) is 0 Å². The molecule has 3 heteroatoms. The lowest BCUT2D eigenvalue weighted by atomic mass is 10.1. The van der Waals surface area contributed by atoms with E-state index in [9.17, 15) is 0 Å². The van der Waals surface area contributed by atoms with Crippen LogP contribution < -0.4 is 5.32 Å². The van der Waals surface area contributed by atoms with Crippen LogP contribution >= 0.6 is 0 Å². The second-order valence-electron chi connectivity index (χ2n) is 4.92. The Morgan fingerprint density at radius 3 is 2.93 bits per heavy atom. The first kappa shape index (κ1) is 11.4. The van der Waals surface area contributed by atoms with Crippen LogP contribution in [0.5, 0.6) is 0 Å². The zero-order chi connectivity index (χ0) is 10.7. The van der Waals surface area contributed by atoms with Crippen molar-refractivity contribution in [2.45, 2.75) is 38.8 Å². The van der Waals surface area contributed by atoms with Crippen LogP contribution in [0.15, 0.2) is 0 Å². The molecule has 0 amide bonds. The predicted octanol–water partition coefficient (Wildman–Crippen LogP) is 1.10. The van der Waals surface area contributed by atoms with Gasteiger partial charge in [-0.25, -0.2) is 0 Å². The molecule has 3 nitrogen and oxygen atoms in total. The summed E-state index contributed by atoms with van der Waals surface area (Å²) in [5.74, 6) is 0.968. The van der Waals surface area contributed by atoms with Gasteiger partial charge in [0.15, 0.2) is 0 Å². The highest BCUT2D eigenvalue weighted by atomic mass is 16.5. The van der Waals surface area contributed by atoms with E-state index in [-0.39, 0.29) is 0 Å². The predicted molar refractivity (Wildman–Crippen MR) is 62.0 cm³/mol. The third-order valence-electron chi connectivity index (χ3n) is 3.45. The van der Waals surface area contributed by atoms with Crippen LogP contribution in [0.25, 0.3) is 0 Å². The summed E-state index contributed by atoms with van der Waals surface area (Å²) in [4.78, 5) is 2.56. The van der Waals surface area contributed by atoms with Crippen molar-refractivity contribution in [1.82, 2.24) is 10.2 Å². The maximum atomic E-state index is 5.59. The summed E-state index contributed by atoms with van der Waals surface area (Å²) in [6.07, 6.45) is 3.26. The van der Waals surface area contributed by atoms with Gasteiger partial charge in [0.25, 0.3) is 0 Å². The normalized spacial score (nSPS) is 30.4. The summed E-state index contributed by atoms with van der Waals surface area (Å²) < 4.78 is 5.59. The van der Waals surface area contributed by atoms with Gasteiger partial charge in [0.2, 0.25) is 0 Å². The van der Waals surface area contributed by atoms with E-state index in [4.69, 9.17) is 4.74 Å². The fraction of sp³-hybridized carbons (Fsp3) is 1.00. The third-order valence-corrected chi connectivity index (χ3v) is 3.45. The monoisotopic (exact) mass is 212 g/mol. The molecule has 0 aromatic carbocycles. The van der Waals surface area contributed by atoms with Crippen LogP contribution in [0.1, 0.15) is 26.7 Å². The zero-order valence-electron chi connectivity index (χ0n) is 10.0. The van der Waals surface area contributed by atoms with Crippen molar-refractivity contribution < 1.29 is 4.74 Å². The van der Waals surface area contributed by atoms with Gasteiger partial charge in [0.05, 0.1) is 6.10 Å². The molecule has 0 bridgehead atoms. The Kier molecular flexibility index (Phi) is 4.00. The van der Waals surface area contributed by atoms with E-state index in [2.05, 4.69) is 24.1 Å². The average molecular weight is 212 g/mol. The fourth-order valence-electron chi connectivity index (χ4n) is 2.52. The first-order valence-electron chi connectivity index (χ1n) is 6.37. The molecule has 2 atom stereocenters. The Morgan fingerprint density at radius 2 is 2.27 bits per heavy atom. The van der Waals surface area contributed by atoms with E-state index < -0.39 is 0 Å². The number of ether oxygens (including phenoxy) is 1. The van der Waals surface area contributed by atoms with E-state index in [1.54, 1.807) is 0 Å². The van der Waals surface area contributed by atoms with Gasteiger partial charge in [-0.1, -0.05) is 0 Å². The lowest BCUT2D eigenvalue weighted by Crippen LogP contribution is -2.53. The minimum Gasteiger partial charge on any atom is -0.377 e. The second-order valence-corrected chi connectivity index (χ2v) is 4.92. The SMILES string of the molecule is CCOC(C)CN1CCNC(C2CC2)C1. The minimum atomic E-state index is 0.382. The van der Waals surface area contributed by atoms with E-state index in [0.29, 0.717) is 6.10 Å². The van der Waals surface area contributed by atoms with Crippen molar-refractivity contribution in [2.75, 3.05) is 32.8 Å². The number of hydrogen-bond donors (Lipinski definition) is 1. The van der Waals surface area contributed by atoms with Gasteiger partial charge in [0.1, 0.15) is 0 Å². The lowest BCUT2D eigenvalue weighted by molar-refractivity contribution is 0.0367. The third kappa shape index (κ3) is 3.44. The molecule has 1 aliphatic carbocycles. The highest BCUT2D eigenvalue weighted by Gasteiger charge is 2.34. The Bertz CT molecular complexity index is 194. The first-order valence-corrected chi connectivity index (χ1v) is 6.37. The Balaban J connectivity index is 1.71. The first-order chi connectivity index (χ1) is 7.29. The number of rotatable bonds is 5. The van der Waals surface area contributed by atoms with Crippen LogP contribution in [0.2, 0.25) is 0 Å². The molecule has 1 heterocycles. The maximum Gasteiger partial charge on any atom is 0.0673 e. The number of nitrogens with one attached hydrogen (secondary N) is 1. The summed E-state index contributed by atoms with van der Waals surface area (Å²) in [5, 5.41) is 3.63. The van der Waals surface area contributed by atoms with Crippen molar-refractivity contribution in [3.8, 4) is 0 Å². The van der Waals surface area contributed by atoms with Gasteiger partial charge in [-0.05, 0) is 32.6 Å². The summed E-state index contributed by atoms with van der Waals surface area (Å²) in [5.41, 5.74) is 0. The van der Waals surface area contributed by atoms with E-state index >= 15 is 0 Å². The second kappa shape index (κ2) is 5.28. The van der Waals surface area contributed by atoms with Gasteiger partial charge < -0.3 is 10.1 Å². The molecular weight excluding hydrogens is 188 g/mol. The molecule has 0 spiro atoms. The molecule has 1 saturated carbocycles. The van der Waals surface area contributed by atoms with Gasteiger partial charge >= 0.3 is 0 Å². The molecule has 88 valence electrons. The smallest absolute Gasteiger partial charge is 0.0673 e. The average Bonchev–Trinajstić information content (AvgIpc) is 3.01. The highest BCUT2D eigenvalue weighted by Crippen LogP contribution is 2.33. The van der Waals surface area contributed by atoms with Crippen molar-refractivity contribution in [3.05, 3.63) is 0 Å². The van der Waals surface area contributed by atoms with Crippen LogP contribution in [-0.4, -0.2) is 49.8 Å². The topological polar surface area (TPSA) is 24.5 Å². The zero-order valence-corrected chi connectivity index (χ0v) is 10.0. The molecule has 15 heavy (non-hydrogen) atoms. The molecule has 0 radical (unpaired) electrons. The summed E-state index contributed by atoms with van der Waals surface area (Å²) in [6.45, 7) is 9.74. The van der Waals surface area contributed by atoms with E-state index in [1.165, 1.54) is 25.9 Å². The molecule has 0 aromatic heterocycles. The number of piperazine rings is 1. The van der Waals surface area contributed by atoms with Crippen molar-refractivity contribution in [3.63, 3.8) is 0 Å². The van der Waals surface area contributed by atoms with Gasteiger partial charge in [-0.2, -0.15) is 0 Å². The number of hydrogen-bond acceptors (Lipinski definition) is 3.